The van der Waals surface area contributed by atoms with Crippen LogP contribution in [0.2, 0.25) is 0 Å². The van der Waals surface area contributed by atoms with Crippen molar-refractivity contribution in [2.75, 3.05) is 5.75 Å². The first-order valence-corrected chi connectivity index (χ1v) is 18.6. The fraction of sp³-hybridized carbons (Fsp3) is 0.556. The molecule has 1 aliphatic rings. The van der Waals surface area contributed by atoms with E-state index in [1.165, 1.54) is 18.6 Å². The number of carbonyl (C=O) groups excluding carboxylic acids is 3. The predicted octanol–water partition coefficient (Wildman–Crippen LogP) is 4.98. The van der Waals surface area contributed by atoms with Crippen molar-refractivity contribution >= 4 is 29.7 Å². The van der Waals surface area contributed by atoms with Gasteiger partial charge in [0.15, 0.2) is 5.16 Å². The minimum absolute atomic E-state index is 0.00788. The molecule has 3 aromatic rings. The molecule has 1 fully saturated rings. The molecule has 4 atom stereocenters. The Morgan fingerprint density at radius 2 is 1.72 bits per heavy atom. The maximum absolute atomic E-state index is 14.1. The fourth-order valence-corrected chi connectivity index (χ4v) is 7.13. The SMILES string of the molecule is C=CCn1c(SC[C@H](O)[C@H](CC2CCCCC2)NC(=O)[C@H](Cc2cnc[nH]2)NC(=O)[C@H](Cc2ccccc2)NC(=O)OC(C)(C)C)nnc1C(F)(F)F. The lowest BCUT2D eigenvalue weighted by Crippen LogP contribution is -2.58. The van der Waals surface area contributed by atoms with Gasteiger partial charge in [0.05, 0.1) is 18.5 Å². The highest BCUT2D eigenvalue weighted by Gasteiger charge is 2.39. The summed E-state index contributed by atoms with van der Waals surface area (Å²) in [5.74, 6) is -2.31. The molecule has 13 nitrogen and oxygen atoms in total. The smallest absolute Gasteiger partial charge is 0.444 e. The number of carbonyl (C=O) groups is 3. The van der Waals surface area contributed by atoms with Gasteiger partial charge in [-0.25, -0.2) is 9.78 Å². The average Bonchev–Trinajstić information content (AvgIpc) is 3.76. The van der Waals surface area contributed by atoms with Crippen molar-refractivity contribution in [1.29, 1.82) is 0 Å². The summed E-state index contributed by atoms with van der Waals surface area (Å²) in [6, 6.07) is 5.97. The molecule has 0 aliphatic heterocycles. The van der Waals surface area contributed by atoms with E-state index in [0.717, 1.165) is 54.0 Å². The second-order valence-corrected chi connectivity index (χ2v) is 15.2. The van der Waals surface area contributed by atoms with E-state index < -0.39 is 59.7 Å². The molecule has 0 unspecified atom stereocenters. The number of amides is 3. The molecule has 2 heterocycles. The number of rotatable bonds is 17. The third-order valence-corrected chi connectivity index (χ3v) is 9.74. The largest absolute Gasteiger partial charge is 0.451 e. The molecule has 2 aromatic heterocycles. The summed E-state index contributed by atoms with van der Waals surface area (Å²) in [7, 11) is 0. The van der Waals surface area contributed by atoms with Crippen LogP contribution in [-0.2, 0) is 39.9 Å². The monoisotopic (exact) mass is 762 g/mol. The maximum Gasteiger partial charge on any atom is 0.451 e. The van der Waals surface area contributed by atoms with Crippen molar-refractivity contribution in [2.24, 2.45) is 5.92 Å². The summed E-state index contributed by atoms with van der Waals surface area (Å²) in [6.45, 7) is 8.44. The number of aliphatic hydroxyl groups is 1. The Hall–Kier alpha value is -4.38. The van der Waals surface area contributed by atoms with E-state index >= 15 is 0 Å². The lowest BCUT2D eigenvalue weighted by atomic mass is 9.83. The minimum Gasteiger partial charge on any atom is -0.444 e. The van der Waals surface area contributed by atoms with Gasteiger partial charge in [-0.15, -0.1) is 16.8 Å². The number of imidazole rings is 1. The highest BCUT2D eigenvalue weighted by molar-refractivity contribution is 7.99. The number of aliphatic hydroxyl groups excluding tert-OH is 1. The number of alkyl halides is 3. The molecule has 290 valence electrons. The highest BCUT2D eigenvalue weighted by atomic mass is 32.2. The second kappa shape index (κ2) is 19.1. The lowest BCUT2D eigenvalue weighted by molar-refractivity contribution is -0.147. The Bertz CT molecular complexity index is 1630. The molecule has 17 heteroatoms. The molecule has 0 saturated heterocycles. The van der Waals surface area contributed by atoms with Crippen molar-refractivity contribution in [1.82, 2.24) is 40.7 Å². The van der Waals surface area contributed by atoms with E-state index in [2.05, 4.69) is 42.7 Å². The summed E-state index contributed by atoms with van der Waals surface area (Å²) >= 11 is 0.892. The number of alkyl carbamates (subject to hydrolysis) is 1. The van der Waals surface area contributed by atoms with Gasteiger partial charge in [0.25, 0.3) is 0 Å². The van der Waals surface area contributed by atoms with Gasteiger partial charge >= 0.3 is 12.3 Å². The lowest BCUT2D eigenvalue weighted by Gasteiger charge is -2.31. The van der Waals surface area contributed by atoms with E-state index in [9.17, 15) is 32.7 Å². The van der Waals surface area contributed by atoms with E-state index in [4.69, 9.17) is 4.74 Å². The van der Waals surface area contributed by atoms with Crippen LogP contribution in [0.5, 0.6) is 0 Å². The van der Waals surface area contributed by atoms with E-state index in [1.54, 1.807) is 32.9 Å². The number of hydrogen-bond acceptors (Lipinski definition) is 9. The standard InChI is InChI=1S/C36H49F3N8O5S/c1-5-16-47-32(36(37,38)39)45-46-33(47)53-21-29(48)26(17-23-12-8-6-9-13-23)42-31(50)28(19-25-20-40-22-41-25)43-30(49)27(18-24-14-10-7-11-15-24)44-34(51)52-35(2,3)4/h5,7,10-11,14-15,20,22-23,26-29,48H,1,6,8-9,12-13,16-19,21H2,2-4H3,(H,40,41)(H,42,50)(H,43,49)(H,44,51)/t26-,27-,28-,29-/m0/s1. The van der Waals surface area contributed by atoms with Crippen molar-refractivity contribution in [3.8, 4) is 0 Å². The number of thioether (sulfide) groups is 1. The molecule has 1 aliphatic carbocycles. The Kier molecular flexibility index (Phi) is 14.9. The van der Waals surface area contributed by atoms with Crippen LogP contribution < -0.4 is 16.0 Å². The van der Waals surface area contributed by atoms with Crippen LogP contribution >= 0.6 is 11.8 Å². The van der Waals surface area contributed by atoms with Crippen molar-refractivity contribution in [2.45, 2.75) is 120 Å². The quantitative estimate of drug-likeness (QED) is 0.0939. The topological polar surface area (TPSA) is 176 Å². The van der Waals surface area contributed by atoms with Crippen LogP contribution in [0.25, 0.3) is 0 Å². The molecular weight excluding hydrogens is 714 g/mol. The number of allylic oxidation sites excluding steroid dienone is 1. The number of halogens is 3. The summed E-state index contributed by atoms with van der Waals surface area (Å²) in [6.07, 6.45) is 2.97. The number of aromatic amines is 1. The molecule has 5 N–H and O–H groups in total. The van der Waals surface area contributed by atoms with Gasteiger partial charge in [0, 0.05) is 37.0 Å². The number of benzene rings is 1. The molecule has 1 saturated carbocycles. The summed E-state index contributed by atoms with van der Waals surface area (Å²) in [4.78, 5) is 47.8. The zero-order valence-electron chi connectivity index (χ0n) is 30.2. The molecule has 53 heavy (non-hydrogen) atoms. The summed E-state index contributed by atoms with van der Waals surface area (Å²) in [5.41, 5.74) is 0.486. The summed E-state index contributed by atoms with van der Waals surface area (Å²) < 4.78 is 47.0. The van der Waals surface area contributed by atoms with Crippen LogP contribution in [0.1, 0.15) is 76.4 Å². The van der Waals surface area contributed by atoms with Crippen LogP contribution in [-0.4, -0.2) is 83.3 Å². The Balaban J connectivity index is 1.55. The predicted molar refractivity (Wildman–Crippen MR) is 193 cm³/mol. The zero-order valence-corrected chi connectivity index (χ0v) is 31.0. The number of hydrogen-bond donors (Lipinski definition) is 5. The maximum atomic E-state index is 14.1. The number of nitrogens with zero attached hydrogens (tertiary/aromatic N) is 4. The molecule has 4 rings (SSSR count). The van der Waals surface area contributed by atoms with Gasteiger partial charge in [0.1, 0.15) is 17.7 Å². The van der Waals surface area contributed by atoms with Gasteiger partial charge in [-0.1, -0.05) is 80.3 Å². The summed E-state index contributed by atoms with van der Waals surface area (Å²) in [5, 5.41) is 26.9. The number of ether oxygens (including phenoxy) is 1. The van der Waals surface area contributed by atoms with Crippen molar-refractivity contribution < 1.29 is 37.4 Å². The normalized spacial score (nSPS) is 16.2. The molecule has 1 aromatic carbocycles. The van der Waals surface area contributed by atoms with E-state index in [1.807, 2.05) is 18.2 Å². The number of H-pyrrole nitrogens is 1. The molecular formula is C36H49F3N8O5S. The van der Waals surface area contributed by atoms with Crippen LogP contribution in [0.15, 0.2) is 60.7 Å². The van der Waals surface area contributed by atoms with E-state index in [-0.39, 0.29) is 36.2 Å². The highest BCUT2D eigenvalue weighted by Crippen LogP contribution is 2.32. The Labute approximate surface area is 311 Å². The van der Waals surface area contributed by atoms with E-state index in [0.29, 0.717) is 12.1 Å². The minimum atomic E-state index is -4.73. The van der Waals surface area contributed by atoms with Crippen LogP contribution in [0.4, 0.5) is 18.0 Å². The first kappa shape index (κ1) is 41.4. The number of nitrogens with one attached hydrogen (secondary N) is 4. The van der Waals surface area contributed by atoms with Crippen LogP contribution in [0.3, 0.4) is 0 Å². The Morgan fingerprint density at radius 3 is 2.34 bits per heavy atom. The first-order valence-electron chi connectivity index (χ1n) is 17.7. The molecule has 0 bridgehead atoms. The van der Waals surface area contributed by atoms with Crippen molar-refractivity contribution in [3.63, 3.8) is 0 Å². The fourth-order valence-electron chi connectivity index (χ4n) is 6.16. The van der Waals surface area contributed by atoms with Crippen LogP contribution in [0, 0.1) is 5.92 Å². The molecule has 0 spiro atoms. The van der Waals surface area contributed by atoms with Crippen molar-refractivity contribution in [3.05, 3.63) is 72.6 Å². The number of aromatic nitrogens is 5. The van der Waals surface area contributed by atoms with Gasteiger partial charge in [-0.05, 0) is 38.7 Å². The molecule has 3 amide bonds. The van der Waals surface area contributed by atoms with Gasteiger partial charge < -0.3 is 30.8 Å². The van der Waals surface area contributed by atoms with Gasteiger partial charge in [-0.3, -0.25) is 14.2 Å². The molecule has 0 radical (unpaired) electrons. The van der Waals surface area contributed by atoms with Gasteiger partial charge in [0.2, 0.25) is 17.6 Å². The van der Waals surface area contributed by atoms with Gasteiger partial charge in [-0.2, -0.15) is 13.2 Å². The third-order valence-electron chi connectivity index (χ3n) is 8.67. The second-order valence-electron chi connectivity index (χ2n) is 14.2. The zero-order chi connectivity index (χ0) is 38.6. The Morgan fingerprint density at radius 1 is 1.04 bits per heavy atom. The third kappa shape index (κ3) is 13.2. The average molecular weight is 763 g/mol. The first-order chi connectivity index (χ1) is 25.1.